The van der Waals surface area contributed by atoms with Crippen LogP contribution in [0.4, 0.5) is 0 Å². The number of aliphatic hydroxyl groups is 2. The first-order chi connectivity index (χ1) is 22.7. The largest absolute Gasteiger partial charge is 0.390 e. The van der Waals surface area contributed by atoms with Gasteiger partial charge in [-0.2, -0.15) is 4.91 Å². The van der Waals surface area contributed by atoms with Crippen molar-refractivity contribution in [3.63, 3.8) is 0 Å². The second kappa shape index (κ2) is 15.2. The molecule has 0 spiro atoms. The summed E-state index contributed by atoms with van der Waals surface area (Å²) < 4.78 is 34.1. The second-order valence-corrected chi connectivity index (χ2v) is 15.8. The number of hydrogen-bond acceptors (Lipinski definition) is 10. The van der Waals surface area contributed by atoms with Gasteiger partial charge in [-0.05, 0) is 85.5 Å². The predicted molar refractivity (Wildman–Crippen MR) is 185 cm³/mol. The van der Waals surface area contributed by atoms with Crippen LogP contribution in [-0.2, 0) is 23.7 Å². The molecular formula is C38H60N2O8. The molecule has 13 atom stereocenters. The molecule has 5 heterocycles. The first kappa shape index (κ1) is 37.5. The Balaban J connectivity index is 1.27. The molecule has 0 aromatic carbocycles. The Morgan fingerprint density at radius 1 is 1.00 bits per heavy atom. The Bertz CT molecular complexity index is 1220. The Morgan fingerprint density at radius 3 is 2.46 bits per heavy atom. The van der Waals surface area contributed by atoms with Crippen LogP contribution in [0.5, 0.6) is 0 Å². The Morgan fingerprint density at radius 2 is 1.71 bits per heavy atom. The van der Waals surface area contributed by atoms with E-state index in [2.05, 4.69) is 37.8 Å². The molecule has 0 amide bonds. The molecule has 5 saturated heterocycles. The van der Waals surface area contributed by atoms with Crippen molar-refractivity contribution in [3.8, 4) is 0 Å². The number of aliphatic hydroxyl groups excluding tert-OH is 1. The van der Waals surface area contributed by atoms with Crippen LogP contribution in [0, 0.1) is 10.8 Å². The molecular weight excluding hydrogens is 612 g/mol. The van der Waals surface area contributed by atoms with Crippen LogP contribution in [0.1, 0.15) is 105 Å². The van der Waals surface area contributed by atoms with Gasteiger partial charge in [-0.15, -0.1) is 0 Å². The van der Waals surface area contributed by atoms with Crippen molar-refractivity contribution in [3.05, 3.63) is 53.5 Å². The molecule has 4 N–H and O–H groups in total. The molecule has 10 heteroatoms. The van der Waals surface area contributed by atoms with E-state index >= 15 is 0 Å². The third-order valence-corrected chi connectivity index (χ3v) is 11.8. The lowest BCUT2D eigenvalue weighted by atomic mass is 9.77. The molecule has 5 aliphatic heterocycles. The molecule has 0 aromatic heterocycles. The van der Waals surface area contributed by atoms with Gasteiger partial charge in [0.05, 0.1) is 66.1 Å². The summed E-state index contributed by atoms with van der Waals surface area (Å²) in [7, 11) is 0. The highest BCUT2D eigenvalue weighted by Crippen LogP contribution is 2.50. The molecule has 5 rings (SSSR count). The smallest absolute Gasteiger partial charge is 0.120 e. The molecule has 0 aliphatic carbocycles. The van der Waals surface area contributed by atoms with Crippen LogP contribution in [0.3, 0.4) is 0 Å². The summed E-state index contributed by atoms with van der Waals surface area (Å²) in [5.74, 6) is 0.0218. The SMILES string of the molecule is C=C/C=C\CC[C@H]1O[C@H]2CC[C@@]3(C)O[C@H]4C(O)C[C@@]5(C)O[C@@](N)(CC/C=C(C)/C=C/CN=O)C(C)CC5OC4CC3OC2CC[C@@]1(C)O. The number of nitroso groups, excluding NO2 is 1. The summed E-state index contributed by atoms with van der Waals surface area (Å²) in [6, 6.07) is 0. The van der Waals surface area contributed by atoms with Crippen LogP contribution >= 0.6 is 0 Å². The molecule has 0 bridgehead atoms. The summed E-state index contributed by atoms with van der Waals surface area (Å²) in [4.78, 5) is 10.4. The molecule has 0 aromatic rings. The van der Waals surface area contributed by atoms with E-state index in [9.17, 15) is 15.1 Å². The number of ether oxygens (including phenoxy) is 5. The van der Waals surface area contributed by atoms with Gasteiger partial charge in [0.25, 0.3) is 0 Å². The number of allylic oxidation sites excluding steroid dienone is 6. The maximum Gasteiger partial charge on any atom is 0.120 e. The van der Waals surface area contributed by atoms with Gasteiger partial charge in [-0.25, -0.2) is 0 Å². The van der Waals surface area contributed by atoms with Crippen molar-refractivity contribution in [2.45, 2.75) is 177 Å². The molecule has 10 nitrogen and oxygen atoms in total. The van der Waals surface area contributed by atoms with Crippen LogP contribution < -0.4 is 5.73 Å². The molecule has 5 aliphatic rings. The lowest BCUT2D eigenvalue weighted by molar-refractivity contribution is -0.285. The van der Waals surface area contributed by atoms with Gasteiger partial charge in [-0.3, -0.25) is 0 Å². The summed E-state index contributed by atoms with van der Waals surface area (Å²) in [5.41, 5.74) is 4.79. The van der Waals surface area contributed by atoms with E-state index in [1.165, 1.54) is 0 Å². The average Bonchev–Trinajstić information content (AvgIpc) is 3.27. The van der Waals surface area contributed by atoms with E-state index in [0.717, 1.165) is 31.3 Å². The highest BCUT2D eigenvalue weighted by molar-refractivity contribution is 5.16. The minimum atomic E-state index is -0.940. The fraction of sp³-hybridized carbons (Fsp3) is 0.789. The van der Waals surface area contributed by atoms with Gasteiger partial charge in [0, 0.05) is 18.8 Å². The van der Waals surface area contributed by atoms with Gasteiger partial charge >= 0.3 is 0 Å². The average molecular weight is 673 g/mol. The Hall–Kier alpha value is -1.76. The van der Waals surface area contributed by atoms with Crippen LogP contribution in [-0.4, -0.2) is 88.1 Å². The highest BCUT2D eigenvalue weighted by atomic mass is 16.6. The third-order valence-electron chi connectivity index (χ3n) is 11.8. The summed E-state index contributed by atoms with van der Waals surface area (Å²) >= 11 is 0. The normalized spacial score (nSPS) is 46.8. The second-order valence-electron chi connectivity index (χ2n) is 15.8. The number of fused-ring (bicyclic) bond motifs is 4. The molecule has 48 heavy (non-hydrogen) atoms. The molecule has 0 radical (unpaired) electrons. The minimum absolute atomic E-state index is 0.0218. The van der Waals surface area contributed by atoms with Crippen molar-refractivity contribution in [2.24, 2.45) is 16.8 Å². The third kappa shape index (κ3) is 8.23. The predicted octanol–water partition coefficient (Wildman–Crippen LogP) is 5.94. The van der Waals surface area contributed by atoms with E-state index in [1.54, 1.807) is 12.2 Å². The summed E-state index contributed by atoms with van der Waals surface area (Å²) in [5, 5.41) is 26.0. The van der Waals surface area contributed by atoms with Crippen molar-refractivity contribution in [1.29, 1.82) is 0 Å². The van der Waals surface area contributed by atoms with Crippen molar-refractivity contribution >= 4 is 0 Å². The van der Waals surface area contributed by atoms with Gasteiger partial charge in [-0.1, -0.05) is 60.7 Å². The van der Waals surface area contributed by atoms with Gasteiger partial charge in [0.1, 0.15) is 11.8 Å². The van der Waals surface area contributed by atoms with Gasteiger partial charge in [0.2, 0.25) is 0 Å². The number of nitrogens with two attached hydrogens (primary N) is 1. The molecule has 6 unspecified atom stereocenters. The minimum Gasteiger partial charge on any atom is -0.390 e. The van der Waals surface area contributed by atoms with Crippen LogP contribution in [0.2, 0.25) is 0 Å². The van der Waals surface area contributed by atoms with Crippen molar-refractivity contribution < 1.29 is 33.9 Å². The zero-order chi connectivity index (χ0) is 34.7. The monoisotopic (exact) mass is 672 g/mol. The first-order valence-corrected chi connectivity index (χ1v) is 18.2. The van der Waals surface area contributed by atoms with E-state index in [0.29, 0.717) is 44.9 Å². The number of rotatable bonds is 10. The van der Waals surface area contributed by atoms with E-state index in [4.69, 9.17) is 29.4 Å². The van der Waals surface area contributed by atoms with E-state index in [-0.39, 0.29) is 49.1 Å². The van der Waals surface area contributed by atoms with E-state index < -0.39 is 34.7 Å². The first-order valence-electron chi connectivity index (χ1n) is 18.2. The lowest BCUT2D eigenvalue weighted by Gasteiger charge is -2.52. The van der Waals surface area contributed by atoms with Gasteiger partial charge in [0.15, 0.2) is 0 Å². The lowest BCUT2D eigenvalue weighted by Crippen LogP contribution is -2.63. The Kier molecular flexibility index (Phi) is 11.9. The van der Waals surface area contributed by atoms with Crippen molar-refractivity contribution in [1.82, 2.24) is 0 Å². The fourth-order valence-corrected chi connectivity index (χ4v) is 8.69. The molecule has 0 saturated carbocycles. The summed E-state index contributed by atoms with van der Waals surface area (Å²) in [6.07, 6.45) is 16.0. The van der Waals surface area contributed by atoms with Crippen LogP contribution in [0.25, 0.3) is 0 Å². The quantitative estimate of drug-likeness (QED) is 0.190. The topological polar surface area (TPSA) is 142 Å². The van der Waals surface area contributed by atoms with Gasteiger partial charge < -0.3 is 39.6 Å². The fourth-order valence-electron chi connectivity index (χ4n) is 8.69. The zero-order valence-electron chi connectivity index (χ0n) is 29.7. The molecule has 270 valence electrons. The zero-order valence-corrected chi connectivity index (χ0v) is 29.7. The Labute approximate surface area is 287 Å². The highest BCUT2D eigenvalue weighted by Gasteiger charge is 2.60. The standard InChI is InChI=1S/C38H60N2O8/c1-7-8-9-10-15-31-35(4,42)19-16-28-29(44-31)17-20-36(5)33(45-28)23-30-34(47-36)27(41)24-37(6)32(46-30)22-26(3)38(39,48-37)18-11-13-25(2)14-12-21-40-43/h7-9,12-14,26-34,41-42H,1,10-11,15-24,39H2,2-6H3/b9-8-,14-12+,25-13+/t26?,27?,28?,29-,30?,31+,32?,33?,34-,35+,36+,37+,38-/m0/s1. The molecule has 5 fully saturated rings. The van der Waals surface area contributed by atoms with Crippen molar-refractivity contribution in [2.75, 3.05) is 6.54 Å². The summed E-state index contributed by atoms with van der Waals surface area (Å²) in [6.45, 7) is 14.0. The number of hydrogen-bond donors (Lipinski definition) is 3. The maximum atomic E-state index is 11.7. The van der Waals surface area contributed by atoms with E-state index in [1.807, 2.05) is 32.9 Å². The maximum absolute atomic E-state index is 11.7. The number of nitrogens with zero attached hydrogens (tertiary/aromatic N) is 1. The van der Waals surface area contributed by atoms with Crippen LogP contribution in [0.15, 0.2) is 53.8 Å².